The summed E-state index contributed by atoms with van der Waals surface area (Å²) in [6.45, 7) is 4.50. The highest BCUT2D eigenvalue weighted by Gasteiger charge is 2.24. The van der Waals surface area contributed by atoms with Crippen LogP contribution >= 0.6 is 0 Å². The van der Waals surface area contributed by atoms with Crippen molar-refractivity contribution in [3.8, 4) is 0 Å². The van der Waals surface area contributed by atoms with Gasteiger partial charge in [0.05, 0.1) is 17.9 Å². The molecule has 7 heteroatoms. The second-order valence-corrected chi connectivity index (χ2v) is 16.1. The molecule has 0 aliphatic carbocycles. The number of amides is 1. The number of allylic oxidation sites excluding steroid dienone is 3. The van der Waals surface area contributed by atoms with Crippen LogP contribution in [0.25, 0.3) is 0 Å². The average molecular weight is 712 g/mol. The van der Waals surface area contributed by atoms with Crippen LogP contribution in [0, 0.1) is 0 Å². The molecule has 0 rings (SSSR count). The second-order valence-electron chi connectivity index (χ2n) is 14.6. The fourth-order valence-electron chi connectivity index (χ4n) is 6.47. The number of carbonyl (C=O) groups excluding carboxylic acids is 1. The van der Waals surface area contributed by atoms with E-state index in [1.54, 1.807) is 6.08 Å². The minimum absolute atomic E-state index is 0.286. The molecule has 0 saturated carbocycles. The minimum atomic E-state index is -4.35. The molecule has 2 unspecified atom stereocenters. The van der Waals surface area contributed by atoms with Gasteiger partial charge < -0.3 is 10.4 Å². The van der Waals surface area contributed by atoms with Gasteiger partial charge in [-0.25, -0.2) is 0 Å². The molecule has 290 valence electrons. The van der Waals surface area contributed by atoms with Gasteiger partial charge in [-0.05, 0) is 32.1 Å². The molecular formula is C42H81NO5S. The Kier molecular flexibility index (Phi) is 35.7. The van der Waals surface area contributed by atoms with E-state index in [0.717, 1.165) is 38.5 Å². The highest BCUT2D eigenvalue weighted by molar-refractivity contribution is 7.85. The van der Waals surface area contributed by atoms with Crippen molar-refractivity contribution in [1.29, 1.82) is 0 Å². The Morgan fingerprint density at radius 1 is 0.531 bits per heavy atom. The zero-order valence-electron chi connectivity index (χ0n) is 32.3. The van der Waals surface area contributed by atoms with Crippen molar-refractivity contribution in [2.24, 2.45) is 0 Å². The van der Waals surface area contributed by atoms with Gasteiger partial charge in [0.2, 0.25) is 5.91 Å². The Bertz CT molecular complexity index is 872. The van der Waals surface area contributed by atoms with Crippen LogP contribution in [0.3, 0.4) is 0 Å². The summed E-state index contributed by atoms with van der Waals surface area (Å²) in [5.41, 5.74) is 0. The lowest BCUT2D eigenvalue weighted by atomic mass is 10.0. The maximum atomic E-state index is 12.5. The van der Waals surface area contributed by atoms with E-state index in [9.17, 15) is 22.9 Å². The molecule has 1 amide bonds. The molecule has 0 radical (unpaired) electrons. The standard InChI is InChI=1S/C42H81NO5S/c1-3-5-7-9-11-13-15-16-17-18-19-20-21-22-23-24-25-26-28-30-32-34-36-38-42(45)43-40(39-49(46,47)48)41(44)37-35-33-31-29-27-14-12-10-8-6-4-2/h27,29,35,37,40-41,44H,3-26,28,30-34,36,38-39H2,1-2H3,(H,43,45)(H,46,47,48)/b29-27+,37-35+. The van der Waals surface area contributed by atoms with Crippen molar-refractivity contribution in [2.45, 2.75) is 231 Å². The summed E-state index contributed by atoms with van der Waals surface area (Å²) < 4.78 is 32.4. The summed E-state index contributed by atoms with van der Waals surface area (Å²) in [5.74, 6) is -0.992. The van der Waals surface area contributed by atoms with Crippen LogP contribution in [0.1, 0.15) is 219 Å². The van der Waals surface area contributed by atoms with Crippen LogP contribution in [0.4, 0.5) is 0 Å². The highest BCUT2D eigenvalue weighted by atomic mass is 32.2. The van der Waals surface area contributed by atoms with Gasteiger partial charge in [0.25, 0.3) is 10.1 Å². The summed E-state index contributed by atoms with van der Waals surface area (Å²) in [6, 6.07) is -1.07. The zero-order chi connectivity index (χ0) is 36.1. The van der Waals surface area contributed by atoms with Gasteiger partial charge in [-0.15, -0.1) is 0 Å². The first-order valence-electron chi connectivity index (χ1n) is 21.0. The number of rotatable bonds is 38. The molecule has 0 aliphatic rings. The van der Waals surface area contributed by atoms with E-state index in [2.05, 4.69) is 31.3 Å². The summed E-state index contributed by atoms with van der Waals surface area (Å²) in [4.78, 5) is 12.5. The first kappa shape index (κ1) is 47.8. The van der Waals surface area contributed by atoms with E-state index in [0.29, 0.717) is 6.42 Å². The van der Waals surface area contributed by atoms with E-state index in [4.69, 9.17) is 0 Å². The SMILES string of the molecule is CCCCCCC/C=C/CC/C=C/C(O)C(CS(=O)(=O)O)NC(=O)CCCCCCCCCCCCCCCCCCCCCCCCC. The third kappa shape index (κ3) is 37.9. The van der Waals surface area contributed by atoms with Crippen molar-refractivity contribution < 1.29 is 22.9 Å². The van der Waals surface area contributed by atoms with Crippen molar-refractivity contribution in [3.63, 3.8) is 0 Å². The topological polar surface area (TPSA) is 104 Å². The Hall–Kier alpha value is -1.18. The lowest BCUT2D eigenvalue weighted by molar-refractivity contribution is -0.122. The van der Waals surface area contributed by atoms with Crippen LogP contribution < -0.4 is 5.32 Å². The molecule has 49 heavy (non-hydrogen) atoms. The molecule has 0 saturated heterocycles. The number of nitrogens with one attached hydrogen (secondary N) is 1. The molecule has 2 atom stereocenters. The van der Waals surface area contributed by atoms with Gasteiger partial charge in [-0.1, -0.05) is 205 Å². The maximum Gasteiger partial charge on any atom is 0.267 e. The van der Waals surface area contributed by atoms with E-state index < -0.39 is 28.0 Å². The van der Waals surface area contributed by atoms with E-state index in [1.165, 1.54) is 167 Å². The number of unbranched alkanes of at least 4 members (excludes halogenated alkanes) is 28. The summed E-state index contributed by atoms with van der Waals surface area (Å²) >= 11 is 0. The van der Waals surface area contributed by atoms with Gasteiger partial charge in [0.15, 0.2) is 0 Å². The van der Waals surface area contributed by atoms with Gasteiger partial charge in [-0.3, -0.25) is 9.35 Å². The molecule has 3 N–H and O–H groups in total. The third-order valence-electron chi connectivity index (χ3n) is 9.63. The first-order valence-corrected chi connectivity index (χ1v) is 22.6. The van der Waals surface area contributed by atoms with E-state index >= 15 is 0 Å². The minimum Gasteiger partial charge on any atom is -0.387 e. The quantitative estimate of drug-likeness (QED) is 0.0336. The molecule has 0 fully saturated rings. The molecular weight excluding hydrogens is 631 g/mol. The van der Waals surface area contributed by atoms with Crippen molar-refractivity contribution >= 4 is 16.0 Å². The molecule has 0 aromatic carbocycles. The van der Waals surface area contributed by atoms with Crippen molar-refractivity contribution in [3.05, 3.63) is 24.3 Å². The summed E-state index contributed by atoms with van der Waals surface area (Å²) in [5, 5.41) is 13.2. The Morgan fingerprint density at radius 3 is 1.29 bits per heavy atom. The molecule has 6 nitrogen and oxygen atoms in total. The van der Waals surface area contributed by atoms with Crippen LogP contribution in [0.5, 0.6) is 0 Å². The predicted molar refractivity (Wildman–Crippen MR) is 212 cm³/mol. The third-order valence-corrected chi connectivity index (χ3v) is 10.4. The molecule has 0 aromatic rings. The van der Waals surface area contributed by atoms with Crippen molar-refractivity contribution in [1.82, 2.24) is 5.32 Å². The number of aliphatic hydroxyl groups is 1. The summed E-state index contributed by atoms with van der Waals surface area (Å²) in [7, 11) is -4.35. The normalized spacial score (nSPS) is 13.5. The van der Waals surface area contributed by atoms with E-state index in [1.807, 2.05) is 0 Å². The fourth-order valence-corrected chi connectivity index (χ4v) is 7.20. The molecule has 0 heterocycles. The second kappa shape index (κ2) is 36.6. The van der Waals surface area contributed by atoms with Gasteiger partial charge >= 0.3 is 0 Å². The number of hydrogen-bond acceptors (Lipinski definition) is 4. The van der Waals surface area contributed by atoms with Crippen LogP contribution in [-0.4, -0.2) is 41.9 Å². The van der Waals surface area contributed by atoms with Crippen LogP contribution in [-0.2, 0) is 14.9 Å². The lowest BCUT2D eigenvalue weighted by Gasteiger charge is -2.21. The summed E-state index contributed by atoms with van der Waals surface area (Å²) in [6.07, 6.45) is 46.1. The average Bonchev–Trinajstić information content (AvgIpc) is 3.06. The largest absolute Gasteiger partial charge is 0.387 e. The molecule has 0 aliphatic heterocycles. The molecule has 0 spiro atoms. The highest BCUT2D eigenvalue weighted by Crippen LogP contribution is 2.16. The number of carbonyl (C=O) groups is 1. The van der Waals surface area contributed by atoms with Gasteiger partial charge in [0, 0.05) is 6.42 Å². The smallest absolute Gasteiger partial charge is 0.267 e. The monoisotopic (exact) mass is 712 g/mol. The van der Waals surface area contributed by atoms with Crippen molar-refractivity contribution in [2.75, 3.05) is 5.75 Å². The zero-order valence-corrected chi connectivity index (χ0v) is 33.1. The first-order chi connectivity index (χ1) is 23.8. The number of hydrogen-bond donors (Lipinski definition) is 3. The van der Waals surface area contributed by atoms with Gasteiger partial charge in [0.1, 0.15) is 0 Å². The van der Waals surface area contributed by atoms with Crippen LogP contribution in [0.15, 0.2) is 24.3 Å². The fraction of sp³-hybridized carbons (Fsp3) is 0.881. The maximum absolute atomic E-state index is 12.5. The Labute approximate surface area is 304 Å². The number of aliphatic hydroxyl groups excluding tert-OH is 1. The van der Waals surface area contributed by atoms with Crippen LogP contribution in [0.2, 0.25) is 0 Å². The molecule has 0 aromatic heterocycles. The lowest BCUT2D eigenvalue weighted by Crippen LogP contribution is -2.46. The van der Waals surface area contributed by atoms with Gasteiger partial charge in [-0.2, -0.15) is 8.42 Å². The van der Waals surface area contributed by atoms with E-state index in [-0.39, 0.29) is 5.91 Å². The molecule has 0 bridgehead atoms. The Balaban J connectivity index is 3.79. The predicted octanol–water partition coefficient (Wildman–Crippen LogP) is 12.4. The Morgan fingerprint density at radius 2 is 0.878 bits per heavy atom.